The highest BCUT2D eigenvalue weighted by Gasteiger charge is 2.43. The van der Waals surface area contributed by atoms with Gasteiger partial charge in [0.05, 0.1) is 6.10 Å². The number of likely N-dealkylation sites (N-methyl/N-ethyl adjacent to an activating group) is 1. The molecule has 0 amide bonds. The van der Waals surface area contributed by atoms with Crippen LogP contribution in [-0.4, -0.2) is 34.7 Å². The maximum Gasteiger partial charge on any atom is 0.0723 e. The van der Waals surface area contributed by atoms with Crippen molar-refractivity contribution in [2.24, 2.45) is 0 Å². The molecule has 1 aliphatic carbocycles. The molecule has 0 aromatic heterocycles. The van der Waals surface area contributed by atoms with Gasteiger partial charge in [0.25, 0.3) is 0 Å². The molecule has 1 fully saturated rings. The molecule has 0 heterocycles. The van der Waals surface area contributed by atoms with E-state index in [1.54, 1.807) is 0 Å². The molecule has 2 heteroatoms. The van der Waals surface area contributed by atoms with Gasteiger partial charge in [-0.3, -0.25) is 4.90 Å². The first-order valence-corrected chi connectivity index (χ1v) is 8.64. The summed E-state index contributed by atoms with van der Waals surface area (Å²) in [6.07, 6.45) is 12.3. The van der Waals surface area contributed by atoms with E-state index < -0.39 is 0 Å². The van der Waals surface area contributed by atoms with Crippen molar-refractivity contribution in [3.05, 3.63) is 0 Å². The van der Waals surface area contributed by atoms with Crippen molar-refractivity contribution in [2.45, 2.75) is 96.6 Å². The average molecular weight is 269 g/mol. The van der Waals surface area contributed by atoms with Gasteiger partial charge < -0.3 is 5.11 Å². The SMILES string of the molecule is CCCCCCCC(O)C1(N(CC)CC)CCCC1. The summed E-state index contributed by atoms with van der Waals surface area (Å²) in [5.74, 6) is 0. The van der Waals surface area contributed by atoms with Gasteiger partial charge >= 0.3 is 0 Å². The quantitative estimate of drug-likeness (QED) is 0.596. The third kappa shape index (κ3) is 4.46. The van der Waals surface area contributed by atoms with Crippen LogP contribution in [0.5, 0.6) is 0 Å². The molecular weight excluding hydrogens is 234 g/mol. The van der Waals surface area contributed by atoms with E-state index in [-0.39, 0.29) is 11.6 Å². The molecule has 1 saturated carbocycles. The highest BCUT2D eigenvalue weighted by atomic mass is 16.3. The van der Waals surface area contributed by atoms with E-state index in [1.807, 2.05) is 0 Å². The Balaban J connectivity index is 2.46. The monoisotopic (exact) mass is 269 g/mol. The van der Waals surface area contributed by atoms with Crippen LogP contribution in [0.25, 0.3) is 0 Å². The molecular formula is C17H35NO. The summed E-state index contributed by atoms with van der Waals surface area (Å²) in [6.45, 7) is 8.87. The van der Waals surface area contributed by atoms with Crippen LogP contribution >= 0.6 is 0 Å². The average Bonchev–Trinajstić information content (AvgIpc) is 2.90. The third-order valence-electron chi connectivity index (χ3n) is 5.06. The Kier molecular flexibility index (Phi) is 8.01. The third-order valence-corrected chi connectivity index (χ3v) is 5.06. The first-order valence-electron chi connectivity index (χ1n) is 8.64. The van der Waals surface area contributed by atoms with Gasteiger partial charge in [-0.2, -0.15) is 0 Å². The van der Waals surface area contributed by atoms with Crippen LogP contribution in [0.1, 0.15) is 85.0 Å². The highest BCUT2D eigenvalue weighted by Crippen LogP contribution is 2.39. The number of unbranched alkanes of at least 4 members (excludes halogenated alkanes) is 4. The van der Waals surface area contributed by atoms with Crippen molar-refractivity contribution < 1.29 is 5.11 Å². The molecule has 114 valence electrons. The molecule has 0 bridgehead atoms. The molecule has 0 aliphatic heterocycles. The lowest BCUT2D eigenvalue weighted by molar-refractivity contribution is -0.0301. The van der Waals surface area contributed by atoms with Gasteiger partial charge in [-0.15, -0.1) is 0 Å². The molecule has 1 N–H and O–H groups in total. The Hall–Kier alpha value is -0.0800. The minimum Gasteiger partial charge on any atom is -0.391 e. The van der Waals surface area contributed by atoms with E-state index in [1.165, 1.54) is 57.8 Å². The number of aliphatic hydroxyl groups is 1. The molecule has 2 nitrogen and oxygen atoms in total. The summed E-state index contributed by atoms with van der Waals surface area (Å²) in [5, 5.41) is 10.7. The number of hydrogen-bond donors (Lipinski definition) is 1. The topological polar surface area (TPSA) is 23.5 Å². The van der Waals surface area contributed by atoms with Crippen molar-refractivity contribution in [2.75, 3.05) is 13.1 Å². The second-order valence-electron chi connectivity index (χ2n) is 6.20. The Morgan fingerprint density at radius 1 is 0.947 bits per heavy atom. The molecule has 0 aromatic carbocycles. The van der Waals surface area contributed by atoms with Gasteiger partial charge in [0.2, 0.25) is 0 Å². The zero-order valence-corrected chi connectivity index (χ0v) is 13.5. The fourth-order valence-corrected chi connectivity index (χ4v) is 3.91. The first-order chi connectivity index (χ1) is 9.21. The van der Waals surface area contributed by atoms with E-state index in [0.717, 1.165) is 19.5 Å². The fourth-order valence-electron chi connectivity index (χ4n) is 3.91. The maximum atomic E-state index is 10.7. The summed E-state index contributed by atoms with van der Waals surface area (Å²) in [6, 6.07) is 0. The molecule has 19 heavy (non-hydrogen) atoms. The molecule has 1 rings (SSSR count). The van der Waals surface area contributed by atoms with Crippen molar-refractivity contribution in [3.8, 4) is 0 Å². The minimum absolute atomic E-state index is 0.105. The fraction of sp³-hybridized carbons (Fsp3) is 1.00. The van der Waals surface area contributed by atoms with Gasteiger partial charge in [-0.25, -0.2) is 0 Å². The molecule has 0 spiro atoms. The molecule has 0 saturated heterocycles. The van der Waals surface area contributed by atoms with Gasteiger partial charge in [0.15, 0.2) is 0 Å². The summed E-state index contributed by atoms with van der Waals surface area (Å²) < 4.78 is 0. The van der Waals surface area contributed by atoms with Crippen molar-refractivity contribution in [3.63, 3.8) is 0 Å². The standard InChI is InChI=1S/C17H35NO/c1-4-7-8-9-10-13-16(19)17(14-11-12-15-17)18(5-2)6-3/h16,19H,4-15H2,1-3H3. The molecule has 1 unspecified atom stereocenters. The predicted molar refractivity (Wildman–Crippen MR) is 83.5 cm³/mol. The van der Waals surface area contributed by atoms with Crippen LogP contribution < -0.4 is 0 Å². The molecule has 0 aromatic rings. The molecule has 0 radical (unpaired) electrons. The van der Waals surface area contributed by atoms with Crippen LogP contribution in [-0.2, 0) is 0 Å². The van der Waals surface area contributed by atoms with Gasteiger partial charge in [0, 0.05) is 5.54 Å². The Bertz CT molecular complexity index is 219. The lowest BCUT2D eigenvalue weighted by Crippen LogP contribution is -2.54. The second kappa shape index (κ2) is 8.97. The van der Waals surface area contributed by atoms with Gasteiger partial charge in [0.1, 0.15) is 0 Å². The zero-order chi connectivity index (χ0) is 14.1. The largest absolute Gasteiger partial charge is 0.391 e. The number of rotatable bonds is 10. The van der Waals surface area contributed by atoms with Crippen molar-refractivity contribution >= 4 is 0 Å². The van der Waals surface area contributed by atoms with Gasteiger partial charge in [-0.1, -0.05) is 65.7 Å². The number of nitrogens with zero attached hydrogens (tertiary/aromatic N) is 1. The Morgan fingerprint density at radius 3 is 2.05 bits per heavy atom. The van der Waals surface area contributed by atoms with E-state index in [4.69, 9.17) is 0 Å². The summed E-state index contributed by atoms with van der Waals surface area (Å²) in [5.41, 5.74) is 0.105. The molecule has 1 atom stereocenters. The first kappa shape index (κ1) is 17.0. The Labute approximate surface area is 120 Å². The van der Waals surface area contributed by atoms with Crippen LogP contribution in [0.15, 0.2) is 0 Å². The lowest BCUT2D eigenvalue weighted by atomic mass is 9.85. The summed E-state index contributed by atoms with van der Waals surface area (Å²) in [4.78, 5) is 2.52. The van der Waals surface area contributed by atoms with Crippen LogP contribution in [0.2, 0.25) is 0 Å². The number of hydrogen-bond acceptors (Lipinski definition) is 2. The zero-order valence-electron chi connectivity index (χ0n) is 13.5. The van der Waals surface area contributed by atoms with Crippen LogP contribution in [0, 0.1) is 0 Å². The smallest absolute Gasteiger partial charge is 0.0723 e. The van der Waals surface area contributed by atoms with Gasteiger partial charge in [-0.05, 0) is 32.4 Å². The van der Waals surface area contributed by atoms with Crippen molar-refractivity contribution in [1.82, 2.24) is 4.90 Å². The lowest BCUT2D eigenvalue weighted by Gasteiger charge is -2.44. The minimum atomic E-state index is -0.114. The van der Waals surface area contributed by atoms with E-state index in [9.17, 15) is 5.11 Å². The highest BCUT2D eigenvalue weighted by molar-refractivity contribution is 4.99. The van der Waals surface area contributed by atoms with E-state index in [0.29, 0.717) is 0 Å². The molecule has 1 aliphatic rings. The normalized spacial score (nSPS) is 20.1. The maximum absolute atomic E-state index is 10.7. The van der Waals surface area contributed by atoms with Crippen LogP contribution in [0.4, 0.5) is 0 Å². The van der Waals surface area contributed by atoms with Crippen LogP contribution in [0.3, 0.4) is 0 Å². The predicted octanol–water partition coefficient (Wildman–Crippen LogP) is 4.36. The Morgan fingerprint density at radius 2 is 1.53 bits per heavy atom. The second-order valence-corrected chi connectivity index (χ2v) is 6.20. The number of aliphatic hydroxyl groups excluding tert-OH is 1. The van der Waals surface area contributed by atoms with E-state index in [2.05, 4.69) is 25.7 Å². The van der Waals surface area contributed by atoms with E-state index >= 15 is 0 Å². The summed E-state index contributed by atoms with van der Waals surface area (Å²) in [7, 11) is 0. The van der Waals surface area contributed by atoms with Crippen molar-refractivity contribution in [1.29, 1.82) is 0 Å². The summed E-state index contributed by atoms with van der Waals surface area (Å²) >= 11 is 0.